The number of ether oxygens (including phenoxy) is 1. The number of hydrogen-bond acceptors (Lipinski definition) is 3. The van der Waals surface area contributed by atoms with Crippen LogP contribution in [0.15, 0.2) is 0 Å². The Bertz CT molecular complexity index is 226. The summed E-state index contributed by atoms with van der Waals surface area (Å²) >= 11 is 0. The van der Waals surface area contributed by atoms with Crippen molar-refractivity contribution in [2.75, 3.05) is 13.7 Å². The first-order valence-corrected chi connectivity index (χ1v) is 5.04. The van der Waals surface area contributed by atoms with E-state index in [1.807, 2.05) is 0 Å². The molecule has 3 nitrogen and oxygen atoms in total. The molecular weight excluding hydrogens is 178 g/mol. The predicted octanol–water partition coefficient (Wildman–Crippen LogP) is 0.941. The molecule has 1 saturated carbocycles. The molecule has 0 heterocycles. The van der Waals surface area contributed by atoms with Gasteiger partial charge in [0.25, 0.3) is 0 Å². The number of methoxy groups -OCH3 is 1. The third kappa shape index (κ3) is 2.74. The van der Waals surface area contributed by atoms with Crippen molar-refractivity contribution in [3.8, 4) is 12.3 Å². The van der Waals surface area contributed by atoms with Crippen LogP contribution in [-0.4, -0.2) is 25.7 Å². The average molecular weight is 195 g/mol. The fourth-order valence-corrected chi connectivity index (χ4v) is 2.03. The normalized spacial score (nSPS) is 18.9. The molecule has 3 heteroatoms. The first kappa shape index (κ1) is 11.1. The molecule has 0 spiro atoms. The Labute approximate surface area is 85.2 Å². The second-order valence-electron chi connectivity index (χ2n) is 3.63. The first-order chi connectivity index (χ1) is 6.79. The summed E-state index contributed by atoms with van der Waals surface area (Å²) in [5, 5.41) is 3.05. The Morgan fingerprint density at radius 1 is 1.64 bits per heavy atom. The van der Waals surface area contributed by atoms with Gasteiger partial charge in [0.2, 0.25) is 0 Å². The number of carbonyl (C=O) groups is 1. The van der Waals surface area contributed by atoms with Crippen molar-refractivity contribution in [2.24, 2.45) is 5.92 Å². The molecule has 78 valence electrons. The van der Waals surface area contributed by atoms with E-state index >= 15 is 0 Å². The van der Waals surface area contributed by atoms with Crippen molar-refractivity contribution in [2.45, 2.75) is 31.7 Å². The van der Waals surface area contributed by atoms with Gasteiger partial charge in [-0.1, -0.05) is 18.8 Å². The molecule has 0 saturated heterocycles. The van der Waals surface area contributed by atoms with Gasteiger partial charge >= 0.3 is 5.97 Å². The van der Waals surface area contributed by atoms with Gasteiger partial charge in [-0.05, 0) is 18.8 Å². The molecular formula is C11H17NO2. The molecule has 1 aliphatic carbocycles. The second-order valence-corrected chi connectivity index (χ2v) is 3.63. The average Bonchev–Trinajstić information content (AvgIpc) is 2.71. The monoisotopic (exact) mass is 195 g/mol. The lowest BCUT2D eigenvalue weighted by atomic mass is 9.98. The molecule has 1 rings (SSSR count). The van der Waals surface area contributed by atoms with E-state index in [9.17, 15) is 4.79 Å². The molecule has 0 aromatic carbocycles. The molecule has 1 N–H and O–H groups in total. The zero-order valence-electron chi connectivity index (χ0n) is 8.58. The van der Waals surface area contributed by atoms with Crippen molar-refractivity contribution < 1.29 is 9.53 Å². The van der Waals surface area contributed by atoms with Crippen LogP contribution in [0.1, 0.15) is 25.7 Å². The third-order valence-corrected chi connectivity index (χ3v) is 2.75. The number of carbonyl (C=O) groups excluding carboxylic acids is 1. The van der Waals surface area contributed by atoms with Gasteiger partial charge in [0.15, 0.2) is 0 Å². The molecule has 1 aliphatic rings. The molecule has 0 aromatic rings. The summed E-state index contributed by atoms with van der Waals surface area (Å²) in [6.07, 6.45) is 9.75. The summed E-state index contributed by atoms with van der Waals surface area (Å²) in [6.45, 7) is 0.427. The number of nitrogens with one attached hydrogen (secondary N) is 1. The highest BCUT2D eigenvalue weighted by atomic mass is 16.5. The van der Waals surface area contributed by atoms with Gasteiger partial charge < -0.3 is 4.74 Å². The fourth-order valence-electron chi connectivity index (χ4n) is 2.03. The standard InChI is InChI=1S/C11H17NO2/c1-3-8-12-10(11(13)14-2)9-6-4-5-7-9/h1,9-10,12H,4-8H2,2H3. The Balaban J connectivity index is 2.51. The molecule has 0 aliphatic heterocycles. The number of hydrogen-bond donors (Lipinski definition) is 1. The highest BCUT2D eigenvalue weighted by Crippen LogP contribution is 2.28. The topological polar surface area (TPSA) is 38.3 Å². The lowest BCUT2D eigenvalue weighted by molar-refractivity contribution is -0.144. The summed E-state index contributed by atoms with van der Waals surface area (Å²) in [6, 6.07) is -0.210. The summed E-state index contributed by atoms with van der Waals surface area (Å²) in [5.41, 5.74) is 0. The Kier molecular flexibility index (Phi) is 4.48. The van der Waals surface area contributed by atoms with Crippen LogP contribution in [0.4, 0.5) is 0 Å². The van der Waals surface area contributed by atoms with Gasteiger partial charge in [-0.25, -0.2) is 0 Å². The summed E-state index contributed by atoms with van der Waals surface area (Å²) in [4.78, 5) is 11.5. The van der Waals surface area contributed by atoms with Gasteiger partial charge in [0.05, 0.1) is 13.7 Å². The molecule has 0 bridgehead atoms. The highest BCUT2D eigenvalue weighted by Gasteiger charge is 2.30. The van der Waals surface area contributed by atoms with Crippen molar-refractivity contribution in [3.05, 3.63) is 0 Å². The Morgan fingerprint density at radius 2 is 2.29 bits per heavy atom. The van der Waals surface area contributed by atoms with Gasteiger partial charge in [-0.15, -0.1) is 6.42 Å². The maximum absolute atomic E-state index is 11.5. The molecule has 1 atom stereocenters. The van der Waals surface area contributed by atoms with Crippen LogP contribution in [-0.2, 0) is 9.53 Å². The Morgan fingerprint density at radius 3 is 2.79 bits per heavy atom. The van der Waals surface area contributed by atoms with Crippen LogP contribution < -0.4 is 5.32 Å². The molecule has 1 unspecified atom stereocenters. The van der Waals surface area contributed by atoms with Crippen molar-refractivity contribution in [1.82, 2.24) is 5.32 Å². The van der Waals surface area contributed by atoms with Crippen LogP contribution in [0.25, 0.3) is 0 Å². The van der Waals surface area contributed by atoms with Crippen LogP contribution in [0.3, 0.4) is 0 Å². The largest absolute Gasteiger partial charge is 0.468 e. The zero-order chi connectivity index (χ0) is 10.4. The smallest absolute Gasteiger partial charge is 0.323 e. The fraction of sp³-hybridized carbons (Fsp3) is 0.727. The van der Waals surface area contributed by atoms with Crippen LogP contribution in [0.2, 0.25) is 0 Å². The summed E-state index contributed by atoms with van der Waals surface area (Å²) in [7, 11) is 1.42. The van der Waals surface area contributed by atoms with E-state index < -0.39 is 0 Å². The van der Waals surface area contributed by atoms with Crippen LogP contribution >= 0.6 is 0 Å². The molecule has 1 fully saturated rings. The van der Waals surface area contributed by atoms with E-state index in [1.165, 1.54) is 20.0 Å². The van der Waals surface area contributed by atoms with E-state index in [0.29, 0.717) is 12.5 Å². The van der Waals surface area contributed by atoms with Crippen molar-refractivity contribution >= 4 is 5.97 Å². The van der Waals surface area contributed by atoms with E-state index in [1.54, 1.807) is 0 Å². The van der Waals surface area contributed by atoms with E-state index in [-0.39, 0.29) is 12.0 Å². The second kappa shape index (κ2) is 5.66. The maximum atomic E-state index is 11.5. The van der Waals surface area contributed by atoms with Crippen molar-refractivity contribution in [1.29, 1.82) is 0 Å². The number of rotatable bonds is 4. The van der Waals surface area contributed by atoms with Crippen LogP contribution in [0.5, 0.6) is 0 Å². The van der Waals surface area contributed by atoms with Gasteiger partial charge in [0.1, 0.15) is 6.04 Å². The number of esters is 1. The van der Waals surface area contributed by atoms with Crippen molar-refractivity contribution in [3.63, 3.8) is 0 Å². The first-order valence-electron chi connectivity index (χ1n) is 5.04. The van der Waals surface area contributed by atoms with Gasteiger partial charge in [-0.2, -0.15) is 0 Å². The predicted molar refractivity (Wildman–Crippen MR) is 54.6 cm³/mol. The van der Waals surface area contributed by atoms with E-state index in [2.05, 4.69) is 11.2 Å². The van der Waals surface area contributed by atoms with Gasteiger partial charge in [-0.3, -0.25) is 10.1 Å². The van der Waals surface area contributed by atoms with Gasteiger partial charge in [0, 0.05) is 0 Å². The lowest BCUT2D eigenvalue weighted by Gasteiger charge is -2.20. The maximum Gasteiger partial charge on any atom is 0.323 e. The van der Waals surface area contributed by atoms with E-state index in [0.717, 1.165) is 12.8 Å². The molecule has 0 amide bonds. The lowest BCUT2D eigenvalue weighted by Crippen LogP contribution is -2.42. The number of terminal acetylenes is 1. The molecule has 0 aromatic heterocycles. The molecule has 0 radical (unpaired) electrons. The molecule has 14 heavy (non-hydrogen) atoms. The SMILES string of the molecule is C#CCNC(C(=O)OC)C1CCCC1. The highest BCUT2D eigenvalue weighted by molar-refractivity contribution is 5.76. The minimum atomic E-state index is -0.210. The summed E-state index contributed by atoms with van der Waals surface area (Å²) in [5.74, 6) is 2.69. The quantitative estimate of drug-likeness (QED) is 0.536. The summed E-state index contributed by atoms with van der Waals surface area (Å²) < 4.78 is 4.75. The van der Waals surface area contributed by atoms with Crippen LogP contribution in [0, 0.1) is 18.3 Å². The minimum Gasteiger partial charge on any atom is -0.468 e. The zero-order valence-corrected chi connectivity index (χ0v) is 8.58. The Hall–Kier alpha value is -1.01. The van der Waals surface area contributed by atoms with E-state index in [4.69, 9.17) is 11.2 Å². The minimum absolute atomic E-state index is 0.188. The third-order valence-electron chi connectivity index (χ3n) is 2.75.